The Bertz CT molecular complexity index is 686. The maximum atomic E-state index is 11.6. The van der Waals surface area contributed by atoms with Crippen LogP contribution < -0.4 is 22.1 Å². The van der Waals surface area contributed by atoms with Crippen LogP contribution in [0.4, 0.5) is 5.69 Å². The summed E-state index contributed by atoms with van der Waals surface area (Å²) < 4.78 is 1.44. The van der Waals surface area contributed by atoms with Gasteiger partial charge in [0.1, 0.15) is 0 Å². The fraction of sp³-hybridized carbons (Fsp3) is 0.154. The van der Waals surface area contributed by atoms with Gasteiger partial charge < -0.3 is 21.4 Å². The van der Waals surface area contributed by atoms with Gasteiger partial charge in [0.05, 0.1) is 18.8 Å². The van der Waals surface area contributed by atoms with E-state index in [0.29, 0.717) is 11.4 Å². The molecule has 8 nitrogen and oxygen atoms in total. The van der Waals surface area contributed by atoms with Crippen LogP contribution in [0.5, 0.6) is 0 Å². The van der Waals surface area contributed by atoms with Crippen molar-refractivity contribution in [2.75, 3.05) is 18.4 Å². The number of rotatable bonds is 5. The van der Waals surface area contributed by atoms with Gasteiger partial charge in [0.15, 0.2) is 0 Å². The Morgan fingerprint density at radius 1 is 1.19 bits per heavy atom. The lowest BCUT2D eigenvalue weighted by Gasteiger charge is -2.07. The van der Waals surface area contributed by atoms with Crippen LogP contribution in [0.25, 0.3) is 5.69 Å². The number of aromatic amines is 1. The number of imidazole rings is 1. The Balaban J connectivity index is 1.97. The van der Waals surface area contributed by atoms with Gasteiger partial charge in [-0.15, -0.1) is 0 Å². The van der Waals surface area contributed by atoms with Crippen molar-refractivity contribution in [2.24, 2.45) is 5.73 Å². The molecule has 2 rings (SSSR count). The smallest absolute Gasteiger partial charge is 0.330 e. The predicted octanol–water partition coefficient (Wildman–Crippen LogP) is -0.821. The van der Waals surface area contributed by atoms with Gasteiger partial charge in [0, 0.05) is 18.1 Å². The van der Waals surface area contributed by atoms with Crippen LogP contribution in [-0.2, 0) is 9.59 Å². The van der Waals surface area contributed by atoms with Crippen LogP contribution >= 0.6 is 0 Å². The molecule has 0 fully saturated rings. The number of aromatic nitrogens is 2. The monoisotopic (exact) mass is 289 g/mol. The summed E-state index contributed by atoms with van der Waals surface area (Å²) in [7, 11) is 0. The zero-order valence-corrected chi connectivity index (χ0v) is 11.1. The number of anilines is 1. The number of nitrogens with two attached hydrogens (primary N) is 1. The maximum absolute atomic E-state index is 11.6. The number of benzene rings is 1. The summed E-state index contributed by atoms with van der Waals surface area (Å²) in [6, 6.07) is 6.72. The Morgan fingerprint density at radius 3 is 2.48 bits per heavy atom. The van der Waals surface area contributed by atoms with Crippen LogP contribution in [0.3, 0.4) is 0 Å². The molecular formula is C13H15N5O3. The van der Waals surface area contributed by atoms with Crippen molar-refractivity contribution < 1.29 is 9.59 Å². The summed E-state index contributed by atoms with van der Waals surface area (Å²) in [4.78, 5) is 36.5. The zero-order chi connectivity index (χ0) is 15.2. The minimum atomic E-state index is -0.396. The van der Waals surface area contributed by atoms with E-state index in [1.165, 1.54) is 10.8 Å². The number of amides is 2. The highest BCUT2D eigenvalue weighted by molar-refractivity contribution is 5.94. The van der Waals surface area contributed by atoms with Crippen molar-refractivity contribution in [1.82, 2.24) is 14.9 Å². The zero-order valence-electron chi connectivity index (χ0n) is 11.1. The second kappa shape index (κ2) is 6.53. The van der Waals surface area contributed by atoms with Gasteiger partial charge in [-0.3, -0.25) is 14.2 Å². The number of nitrogens with zero attached hydrogens (tertiary/aromatic N) is 1. The van der Waals surface area contributed by atoms with Gasteiger partial charge in [0.25, 0.3) is 0 Å². The third kappa shape index (κ3) is 3.80. The molecule has 0 aliphatic carbocycles. The first-order valence-electron chi connectivity index (χ1n) is 6.23. The Labute approximate surface area is 120 Å². The molecule has 2 amide bonds. The number of hydrogen-bond acceptors (Lipinski definition) is 4. The first-order valence-corrected chi connectivity index (χ1v) is 6.23. The molecule has 5 N–H and O–H groups in total. The summed E-state index contributed by atoms with van der Waals surface area (Å²) in [6.45, 7) is -0.303. The molecule has 0 aliphatic heterocycles. The topological polar surface area (TPSA) is 122 Å². The predicted molar refractivity (Wildman–Crippen MR) is 77.1 cm³/mol. The molecule has 1 heterocycles. The van der Waals surface area contributed by atoms with E-state index in [-0.39, 0.29) is 24.7 Å². The Kier molecular flexibility index (Phi) is 4.52. The molecule has 0 spiro atoms. The minimum Gasteiger partial charge on any atom is -0.346 e. The van der Waals surface area contributed by atoms with Gasteiger partial charge in [-0.1, -0.05) is 0 Å². The minimum absolute atomic E-state index is 0.144. The molecule has 1 aromatic heterocycles. The van der Waals surface area contributed by atoms with Crippen LogP contribution in [-0.4, -0.2) is 34.5 Å². The number of carbonyl (C=O) groups is 2. The largest absolute Gasteiger partial charge is 0.346 e. The standard InChI is InChI=1S/C13H15N5O3/c14-7-11(19)16-8-12(20)17-9-1-3-10(4-2-9)18-6-5-15-13(18)21/h1-6H,7-8,14H2,(H,15,21)(H,16,19)(H,17,20). The number of nitrogens with one attached hydrogen (secondary N) is 3. The van der Waals surface area contributed by atoms with Crippen molar-refractivity contribution in [3.05, 3.63) is 47.1 Å². The second-order valence-corrected chi connectivity index (χ2v) is 4.21. The number of hydrogen-bond donors (Lipinski definition) is 4. The first kappa shape index (κ1) is 14.5. The molecule has 0 bridgehead atoms. The third-order valence-electron chi connectivity index (χ3n) is 2.71. The van der Waals surface area contributed by atoms with Gasteiger partial charge in [-0.2, -0.15) is 0 Å². The quantitative estimate of drug-likeness (QED) is 0.574. The molecule has 0 atom stereocenters. The highest BCUT2D eigenvalue weighted by Crippen LogP contribution is 2.11. The highest BCUT2D eigenvalue weighted by Gasteiger charge is 2.05. The van der Waals surface area contributed by atoms with Gasteiger partial charge >= 0.3 is 5.69 Å². The molecule has 0 aliphatic rings. The van der Waals surface area contributed by atoms with E-state index in [4.69, 9.17) is 5.73 Å². The molecule has 0 unspecified atom stereocenters. The lowest BCUT2D eigenvalue weighted by atomic mass is 10.2. The Hall–Kier alpha value is -2.87. The van der Waals surface area contributed by atoms with E-state index in [0.717, 1.165) is 0 Å². The lowest BCUT2D eigenvalue weighted by molar-refractivity contribution is -0.123. The SMILES string of the molecule is NCC(=O)NCC(=O)Nc1ccc(-n2cc[nH]c2=O)cc1. The third-order valence-corrected chi connectivity index (χ3v) is 2.71. The molecule has 2 aromatic rings. The molecule has 110 valence electrons. The molecule has 0 saturated carbocycles. The second-order valence-electron chi connectivity index (χ2n) is 4.21. The molecular weight excluding hydrogens is 274 g/mol. The summed E-state index contributed by atoms with van der Waals surface area (Å²) in [5.74, 6) is -0.754. The maximum Gasteiger partial charge on any atom is 0.330 e. The van der Waals surface area contributed by atoms with Crippen LogP contribution in [0.15, 0.2) is 41.5 Å². The van der Waals surface area contributed by atoms with Crippen molar-refractivity contribution >= 4 is 17.5 Å². The van der Waals surface area contributed by atoms with Crippen molar-refractivity contribution in [1.29, 1.82) is 0 Å². The van der Waals surface area contributed by atoms with Crippen LogP contribution in [0.2, 0.25) is 0 Å². The number of H-pyrrole nitrogens is 1. The van der Waals surface area contributed by atoms with Crippen LogP contribution in [0, 0.1) is 0 Å². The average molecular weight is 289 g/mol. The summed E-state index contributed by atoms with van der Waals surface area (Å²) in [5.41, 5.74) is 6.11. The summed E-state index contributed by atoms with van der Waals surface area (Å²) >= 11 is 0. The molecule has 8 heteroatoms. The number of carbonyl (C=O) groups excluding carboxylic acids is 2. The lowest BCUT2D eigenvalue weighted by Crippen LogP contribution is -2.36. The van der Waals surface area contributed by atoms with Gasteiger partial charge in [0.2, 0.25) is 11.8 Å². The fourth-order valence-electron chi connectivity index (χ4n) is 1.69. The Morgan fingerprint density at radius 2 is 1.90 bits per heavy atom. The van der Waals surface area contributed by atoms with Crippen molar-refractivity contribution in [3.8, 4) is 5.69 Å². The van der Waals surface area contributed by atoms with Gasteiger partial charge in [-0.25, -0.2) is 4.79 Å². The molecule has 1 aromatic carbocycles. The normalized spacial score (nSPS) is 10.1. The van der Waals surface area contributed by atoms with E-state index >= 15 is 0 Å². The van der Waals surface area contributed by atoms with Crippen molar-refractivity contribution in [2.45, 2.75) is 0 Å². The highest BCUT2D eigenvalue weighted by atomic mass is 16.2. The van der Waals surface area contributed by atoms with Gasteiger partial charge in [-0.05, 0) is 24.3 Å². The van der Waals surface area contributed by atoms with E-state index in [2.05, 4.69) is 15.6 Å². The van der Waals surface area contributed by atoms with E-state index < -0.39 is 5.91 Å². The summed E-state index contributed by atoms with van der Waals surface area (Å²) in [5, 5.41) is 4.99. The van der Waals surface area contributed by atoms with Crippen LogP contribution in [0.1, 0.15) is 0 Å². The molecule has 21 heavy (non-hydrogen) atoms. The van der Waals surface area contributed by atoms with E-state index in [9.17, 15) is 14.4 Å². The van der Waals surface area contributed by atoms with E-state index in [1.807, 2.05) is 0 Å². The fourth-order valence-corrected chi connectivity index (χ4v) is 1.69. The summed E-state index contributed by atoms with van der Waals surface area (Å²) in [6.07, 6.45) is 3.15. The van der Waals surface area contributed by atoms with E-state index in [1.54, 1.807) is 30.5 Å². The molecule has 0 saturated heterocycles. The van der Waals surface area contributed by atoms with Crippen molar-refractivity contribution in [3.63, 3.8) is 0 Å². The average Bonchev–Trinajstić information content (AvgIpc) is 2.91. The first-order chi connectivity index (χ1) is 10.1. The molecule has 0 radical (unpaired) electrons.